The maximum Gasteiger partial charge on any atom is 0.251 e. The lowest BCUT2D eigenvalue weighted by atomic mass is 10.0. The molecule has 0 spiro atoms. The highest BCUT2D eigenvalue weighted by Crippen LogP contribution is 2.31. The number of unbranched alkanes of at least 4 members (excludes halogenated alkanes) is 2. The molecule has 0 radical (unpaired) electrons. The van der Waals surface area contributed by atoms with Crippen LogP contribution in [0.25, 0.3) is 10.8 Å². The summed E-state index contributed by atoms with van der Waals surface area (Å²) in [5, 5.41) is 7.63. The normalized spacial score (nSPS) is 10.6. The molecular weight excluding hydrogens is 416 g/mol. The fraction of sp³-hybridized carbons (Fsp3) is 0.333. The summed E-state index contributed by atoms with van der Waals surface area (Å²) in [5.74, 6) is 1.26. The van der Waals surface area contributed by atoms with Crippen molar-refractivity contribution in [1.29, 1.82) is 0 Å². The van der Waals surface area contributed by atoms with Crippen molar-refractivity contribution in [2.24, 2.45) is 0 Å². The first kappa shape index (κ1) is 24.1. The number of carbonyl (C=O) groups is 2. The average Bonchev–Trinajstić information content (AvgIpc) is 2.84. The number of ether oxygens (including phenoxy) is 2. The molecule has 3 rings (SSSR count). The molecule has 0 aliphatic heterocycles. The van der Waals surface area contributed by atoms with E-state index in [0.717, 1.165) is 59.1 Å². The summed E-state index contributed by atoms with van der Waals surface area (Å²) in [6.45, 7) is 2.55. The summed E-state index contributed by atoms with van der Waals surface area (Å²) in [7, 11) is 3.35. The summed E-state index contributed by atoms with van der Waals surface area (Å²) in [6, 6.07) is 17.4. The highest BCUT2D eigenvalue weighted by atomic mass is 16.5. The summed E-state index contributed by atoms with van der Waals surface area (Å²) < 4.78 is 11.0. The number of methoxy groups -OCH3 is 2. The molecule has 0 atom stereocenters. The summed E-state index contributed by atoms with van der Waals surface area (Å²) in [4.78, 5) is 24.4. The second-order valence-electron chi connectivity index (χ2n) is 8.05. The highest BCUT2D eigenvalue weighted by molar-refractivity contribution is 5.99. The van der Waals surface area contributed by atoms with Gasteiger partial charge in [-0.3, -0.25) is 9.59 Å². The first-order valence-corrected chi connectivity index (χ1v) is 11.3. The molecule has 0 aromatic heterocycles. The Morgan fingerprint density at radius 3 is 2.21 bits per heavy atom. The number of hydrogen-bond donors (Lipinski definition) is 2. The number of nitrogens with one attached hydrogen (secondary N) is 2. The molecule has 2 amide bonds. The molecule has 33 heavy (non-hydrogen) atoms. The largest absolute Gasteiger partial charge is 0.496 e. The quantitative estimate of drug-likeness (QED) is 0.426. The summed E-state index contributed by atoms with van der Waals surface area (Å²) in [5.41, 5.74) is 2.72. The third-order valence-corrected chi connectivity index (χ3v) is 5.60. The summed E-state index contributed by atoms with van der Waals surface area (Å²) in [6.07, 6.45) is 3.64. The maximum absolute atomic E-state index is 12.4. The van der Waals surface area contributed by atoms with Gasteiger partial charge in [0.1, 0.15) is 11.5 Å². The third-order valence-electron chi connectivity index (χ3n) is 5.60. The zero-order valence-corrected chi connectivity index (χ0v) is 19.6. The molecule has 174 valence electrons. The van der Waals surface area contributed by atoms with Gasteiger partial charge in [0.25, 0.3) is 5.91 Å². The monoisotopic (exact) mass is 448 g/mol. The fourth-order valence-corrected chi connectivity index (χ4v) is 3.85. The van der Waals surface area contributed by atoms with Gasteiger partial charge in [0.2, 0.25) is 5.91 Å². The second kappa shape index (κ2) is 11.9. The standard InChI is InChI=1S/C27H32N2O4/c1-19-15-24(32-2)23(25(16-19)33-3)11-5-4-8-14-28-26(30)18-29-27(31)22-13-12-20-9-6-7-10-21(20)17-22/h6-7,9-10,12-13,15-17H,4-5,8,11,14,18H2,1-3H3,(H,28,30)(H,29,31). The van der Waals surface area contributed by atoms with E-state index in [1.165, 1.54) is 0 Å². The van der Waals surface area contributed by atoms with E-state index in [-0.39, 0.29) is 18.4 Å². The lowest BCUT2D eigenvalue weighted by molar-refractivity contribution is -0.120. The van der Waals surface area contributed by atoms with E-state index in [9.17, 15) is 9.59 Å². The molecule has 3 aromatic carbocycles. The lowest BCUT2D eigenvalue weighted by Gasteiger charge is -2.14. The number of fused-ring (bicyclic) bond motifs is 1. The van der Waals surface area contributed by atoms with Crippen molar-refractivity contribution in [2.75, 3.05) is 27.3 Å². The Morgan fingerprint density at radius 2 is 1.52 bits per heavy atom. The molecule has 0 aliphatic rings. The van der Waals surface area contributed by atoms with E-state index in [1.54, 1.807) is 20.3 Å². The van der Waals surface area contributed by atoms with Crippen LogP contribution in [0.2, 0.25) is 0 Å². The van der Waals surface area contributed by atoms with Crippen LogP contribution in [0.5, 0.6) is 11.5 Å². The van der Waals surface area contributed by atoms with Gasteiger partial charge >= 0.3 is 0 Å². The van der Waals surface area contributed by atoms with Gasteiger partial charge in [-0.15, -0.1) is 0 Å². The molecular formula is C27H32N2O4. The number of aryl methyl sites for hydroxylation is 1. The minimum absolute atomic E-state index is 0.0383. The van der Waals surface area contributed by atoms with Crippen LogP contribution in [0.15, 0.2) is 54.6 Å². The number of amides is 2. The smallest absolute Gasteiger partial charge is 0.251 e. The maximum atomic E-state index is 12.4. The molecule has 2 N–H and O–H groups in total. The number of hydrogen-bond acceptors (Lipinski definition) is 4. The van der Waals surface area contributed by atoms with Gasteiger partial charge in [0.15, 0.2) is 0 Å². The Labute approximate surface area is 195 Å². The van der Waals surface area contributed by atoms with E-state index >= 15 is 0 Å². The van der Waals surface area contributed by atoms with Gasteiger partial charge in [-0.1, -0.05) is 36.8 Å². The molecule has 0 saturated heterocycles. The topological polar surface area (TPSA) is 76.7 Å². The zero-order chi connectivity index (χ0) is 23.6. The first-order valence-electron chi connectivity index (χ1n) is 11.3. The Kier molecular flexibility index (Phi) is 8.70. The Bertz CT molecular complexity index is 1090. The lowest BCUT2D eigenvalue weighted by Crippen LogP contribution is -2.37. The van der Waals surface area contributed by atoms with Crippen molar-refractivity contribution in [3.05, 3.63) is 71.3 Å². The van der Waals surface area contributed by atoms with Crippen molar-refractivity contribution >= 4 is 22.6 Å². The Balaban J connectivity index is 1.36. The van der Waals surface area contributed by atoms with Gasteiger partial charge in [0.05, 0.1) is 20.8 Å². The fourth-order valence-electron chi connectivity index (χ4n) is 3.85. The van der Waals surface area contributed by atoms with Crippen LogP contribution in [0.3, 0.4) is 0 Å². The van der Waals surface area contributed by atoms with E-state index in [4.69, 9.17) is 9.47 Å². The van der Waals surface area contributed by atoms with Crippen LogP contribution in [-0.4, -0.2) is 39.1 Å². The van der Waals surface area contributed by atoms with Gasteiger partial charge < -0.3 is 20.1 Å². The van der Waals surface area contributed by atoms with Crippen molar-refractivity contribution in [3.8, 4) is 11.5 Å². The van der Waals surface area contributed by atoms with E-state index in [0.29, 0.717) is 12.1 Å². The number of rotatable bonds is 11. The molecule has 0 unspecified atom stereocenters. The van der Waals surface area contributed by atoms with E-state index in [1.807, 2.05) is 55.5 Å². The molecule has 0 saturated carbocycles. The van der Waals surface area contributed by atoms with Crippen LogP contribution in [0.1, 0.15) is 40.7 Å². The van der Waals surface area contributed by atoms with Crippen LogP contribution in [-0.2, 0) is 11.2 Å². The minimum atomic E-state index is -0.253. The molecule has 0 aliphatic carbocycles. The van der Waals surface area contributed by atoms with Crippen LogP contribution >= 0.6 is 0 Å². The number of benzene rings is 3. The molecule has 0 heterocycles. The average molecular weight is 449 g/mol. The van der Waals surface area contributed by atoms with Crippen molar-refractivity contribution in [3.63, 3.8) is 0 Å². The minimum Gasteiger partial charge on any atom is -0.496 e. The first-order chi connectivity index (χ1) is 16.0. The van der Waals surface area contributed by atoms with Crippen molar-refractivity contribution in [2.45, 2.75) is 32.6 Å². The summed E-state index contributed by atoms with van der Waals surface area (Å²) >= 11 is 0. The van der Waals surface area contributed by atoms with E-state index in [2.05, 4.69) is 10.6 Å². The van der Waals surface area contributed by atoms with E-state index < -0.39 is 0 Å². The predicted octanol–water partition coefficient (Wildman–Crippen LogP) is 4.42. The molecule has 6 nitrogen and oxygen atoms in total. The van der Waals surface area contributed by atoms with Crippen molar-refractivity contribution in [1.82, 2.24) is 10.6 Å². The van der Waals surface area contributed by atoms with Gasteiger partial charge in [-0.2, -0.15) is 0 Å². The third kappa shape index (κ3) is 6.72. The zero-order valence-electron chi connectivity index (χ0n) is 19.6. The highest BCUT2D eigenvalue weighted by Gasteiger charge is 2.11. The van der Waals surface area contributed by atoms with Crippen LogP contribution in [0, 0.1) is 6.92 Å². The number of carbonyl (C=O) groups excluding carboxylic acids is 2. The second-order valence-corrected chi connectivity index (χ2v) is 8.05. The SMILES string of the molecule is COc1cc(C)cc(OC)c1CCCCCNC(=O)CNC(=O)c1ccc2ccccc2c1. The van der Waals surface area contributed by atoms with Crippen LogP contribution in [0.4, 0.5) is 0 Å². The Hall–Kier alpha value is -3.54. The van der Waals surface area contributed by atoms with Gasteiger partial charge in [-0.25, -0.2) is 0 Å². The molecule has 6 heteroatoms. The van der Waals surface area contributed by atoms with Crippen molar-refractivity contribution < 1.29 is 19.1 Å². The molecule has 3 aromatic rings. The predicted molar refractivity (Wildman–Crippen MR) is 131 cm³/mol. The molecule has 0 fully saturated rings. The van der Waals surface area contributed by atoms with Gasteiger partial charge in [0, 0.05) is 17.7 Å². The Morgan fingerprint density at radius 1 is 0.818 bits per heavy atom. The molecule has 0 bridgehead atoms. The van der Waals surface area contributed by atoms with Gasteiger partial charge in [-0.05, 0) is 66.8 Å². The van der Waals surface area contributed by atoms with Crippen LogP contribution < -0.4 is 20.1 Å².